The number of carbonyl (C=O) groups excluding carboxylic acids is 1. The molecule has 0 fully saturated rings. The first kappa shape index (κ1) is 17.3. The predicted octanol–water partition coefficient (Wildman–Crippen LogP) is 4.77. The van der Waals surface area contributed by atoms with Gasteiger partial charge in [0.15, 0.2) is 0 Å². The van der Waals surface area contributed by atoms with Gasteiger partial charge in [0.2, 0.25) is 5.91 Å². The van der Waals surface area contributed by atoms with E-state index in [-0.39, 0.29) is 5.91 Å². The van der Waals surface area contributed by atoms with E-state index in [9.17, 15) is 4.79 Å². The number of amides is 1. The van der Waals surface area contributed by atoms with Crippen molar-refractivity contribution in [1.29, 1.82) is 0 Å². The van der Waals surface area contributed by atoms with Crippen molar-refractivity contribution in [2.45, 2.75) is 39.7 Å². The van der Waals surface area contributed by atoms with E-state index in [2.05, 4.69) is 61.4 Å². The third-order valence-electron chi connectivity index (χ3n) is 4.84. The second kappa shape index (κ2) is 7.56. The van der Waals surface area contributed by atoms with Gasteiger partial charge in [-0.25, -0.2) is 0 Å². The number of nitrogens with one attached hydrogen (secondary N) is 1. The Morgan fingerprint density at radius 1 is 1.08 bits per heavy atom. The lowest BCUT2D eigenvalue weighted by molar-refractivity contribution is -0.130. The largest absolute Gasteiger partial charge is 0.361 e. The first-order valence-electron chi connectivity index (χ1n) is 8.89. The van der Waals surface area contributed by atoms with Gasteiger partial charge in [-0.3, -0.25) is 4.79 Å². The molecule has 2 aromatic carbocycles. The number of aromatic amines is 1. The number of carbonyl (C=O) groups is 1. The molecule has 1 aromatic heterocycles. The number of hydrogen-bond acceptors (Lipinski definition) is 1. The van der Waals surface area contributed by atoms with Gasteiger partial charge < -0.3 is 9.88 Å². The van der Waals surface area contributed by atoms with Crippen molar-refractivity contribution in [3.8, 4) is 0 Å². The molecule has 130 valence electrons. The average Bonchev–Trinajstić information content (AvgIpc) is 3.00. The van der Waals surface area contributed by atoms with Crippen LogP contribution in [-0.4, -0.2) is 22.8 Å². The number of benzene rings is 2. The minimum absolute atomic E-state index is 0.208. The van der Waals surface area contributed by atoms with E-state index >= 15 is 0 Å². The van der Waals surface area contributed by atoms with Crippen LogP contribution in [0.4, 0.5) is 0 Å². The van der Waals surface area contributed by atoms with Crippen molar-refractivity contribution in [1.82, 2.24) is 9.88 Å². The number of rotatable bonds is 6. The molecule has 3 heteroatoms. The number of fused-ring (bicyclic) bond motifs is 1. The van der Waals surface area contributed by atoms with Crippen LogP contribution in [0.15, 0.2) is 48.7 Å². The molecule has 1 heterocycles. The van der Waals surface area contributed by atoms with Crippen molar-refractivity contribution < 1.29 is 4.79 Å². The van der Waals surface area contributed by atoms with E-state index in [0.29, 0.717) is 13.0 Å². The zero-order valence-corrected chi connectivity index (χ0v) is 15.3. The molecule has 0 unspecified atom stereocenters. The normalized spacial score (nSPS) is 11.0. The van der Waals surface area contributed by atoms with Crippen molar-refractivity contribution in [3.05, 3.63) is 70.9 Å². The predicted molar refractivity (Wildman–Crippen MR) is 104 cm³/mol. The Hall–Kier alpha value is -2.55. The van der Waals surface area contributed by atoms with Gasteiger partial charge in [0.05, 0.1) is 0 Å². The summed E-state index contributed by atoms with van der Waals surface area (Å²) >= 11 is 0. The van der Waals surface area contributed by atoms with Gasteiger partial charge in [-0.2, -0.15) is 0 Å². The maximum atomic E-state index is 12.4. The van der Waals surface area contributed by atoms with Crippen LogP contribution < -0.4 is 0 Å². The van der Waals surface area contributed by atoms with Crippen LogP contribution in [0.5, 0.6) is 0 Å². The van der Waals surface area contributed by atoms with Crippen LogP contribution in [-0.2, 0) is 17.8 Å². The fourth-order valence-corrected chi connectivity index (χ4v) is 3.33. The van der Waals surface area contributed by atoms with Crippen molar-refractivity contribution in [3.63, 3.8) is 0 Å². The highest BCUT2D eigenvalue weighted by Crippen LogP contribution is 2.20. The highest BCUT2D eigenvalue weighted by atomic mass is 16.2. The number of para-hydroxylation sites is 1. The summed E-state index contributed by atoms with van der Waals surface area (Å²) in [6, 6.07) is 14.7. The lowest BCUT2D eigenvalue weighted by Crippen LogP contribution is -2.26. The van der Waals surface area contributed by atoms with Crippen LogP contribution in [0.1, 0.15) is 35.1 Å². The highest BCUT2D eigenvalue weighted by molar-refractivity contribution is 5.83. The molecule has 3 aromatic rings. The van der Waals surface area contributed by atoms with Gasteiger partial charge in [-0.15, -0.1) is 0 Å². The fraction of sp³-hybridized carbons (Fsp3) is 0.318. The molecule has 0 saturated heterocycles. The number of aryl methyl sites for hydroxylation is 3. The minimum Gasteiger partial charge on any atom is -0.361 e. The van der Waals surface area contributed by atoms with Gasteiger partial charge in [-0.05, 0) is 49.4 Å². The third kappa shape index (κ3) is 4.11. The Kier molecular flexibility index (Phi) is 5.22. The number of H-pyrrole nitrogens is 1. The molecular formula is C22H26N2O. The summed E-state index contributed by atoms with van der Waals surface area (Å²) in [5.74, 6) is 0.208. The maximum Gasteiger partial charge on any atom is 0.222 e. The Balaban J connectivity index is 1.53. The fourth-order valence-electron chi connectivity index (χ4n) is 3.33. The summed E-state index contributed by atoms with van der Waals surface area (Å²) in [6.45, 7) is 4.88. The molecule has 0 radical (unpaired) electrons. The molecule has 0 aliphatic heterocycles. The second-order valence-corrected chi connectivity index (χ2v) is 6.89. The molecule has 3 nitrogen and oxygen atoms in total. The molecule has 0 aliphatic carbocycles. The summed E-state index contributed by atoms with van der Waals surface area (Å²) in [6.07, 6.45) is 4.44. The number of nitrogens with zero attached hydrogens (tertiary/aromatic N) is 1. The molecular weight excluding hydrogens is 308 g/mol. The van der Waals surface area contributed by atoms with Crippen LogP contribution in [0, 0.1) is 13.8 Å². The van der Waals surface area contributed by atoms with E-state index in [0.717, 1.165) is 18.4 Å². The van der Waals surface area contributed by atoms with Gasteiger partial charge in [-0.1, -0.05) is 42.0 Å². The smallest absolute Gasteiger partial charge is 0.222 e. The van der Waals surface area contributed by atoms with E-state index < -0.39 is 0 Å². The molecule has 0 aliphatic rings. The molecule has 0 bridgehead atoms. The van der Waals surface area contributed by atoms with E-state index in [1.807, 2.05) is 18.0 Å². The van der Waals surface area contributed by atoms with E-state index in [1.165, 1.54) is 27.6 Å². The molecule has 0 saturated carbocycles. The molecule has 25 heavy (non-hydrogen) atoms. The lowest BCUT2D eigenvalue weighted by atomic mass is 10.0. The summed E-state index contributed by atoms with van der Waals surface area (Å²) in [5.41, 5.74) is 6.18. The summed E-state index contributed by atoms with van der Waals surface area (Å²) < 4.78 is 0. The quantitative estimate of drug-likeness (QED) is 0.693. The Morgan fingerprint density at radius 3 is 2.68 bits per heavy atom. The Morgan fingerprint density at radius 2 is 1.88 bits per heavy atom. The van der Waals surface area contributed by atoms with Crippen molar-refractivity contribution in [2.24, 2.45) is 0 Å². The molecule has 0 atom stereocenters. The minimum atomic E-state index is 0.208. The summed E-state index contributed by atoms with van der Waals surface area (Å²) in [5, 5.41) is 1.26. The first-order chi connectivity index (χ1) is 12.0. The van der Waals surface area contributed by atoms with Crippen molar-refractivity contribution in [2.75, 3.05) is 7.05 Å². The SMILES string of the molecule is Cc1ccc(CN(C)C(=O)CCCc2c[nH]c3ccccc23)c(C)c1. The first-order valence-corrected chi connectivity index (χ1v) is 8.89. The zero-order valence-electron chi connectivity index (χ0n) is 15.3. The second-order valence-electron chi connectivity index (χ2n) is 6.89. The third-order valence-corrected chi connectivity index (χ3v) is 4.84. The van der Waals surface area contributed by atoms with Crippen molar-refractivity contribution >= 4 is 16.8 Å². The monoisotopic (exact) mass is 334 g/mol. The Bertz CT molecular complexity index is 879. The van der Waals surface area contributed by atoms with Crippen LogP contribution >= 0.6 is 0 Å². The maximum absolute atomic E-state index is 12.4. The van der Waals surface area contributed by atoms with Crippen LogP contribution in [0.2, 0.25) is 0 Å². The van der Waals surface area contributed by atoms with Crippen LogP contribution in [0.3, 0.4) is 0 Å². The highest BCUT2D eigenvalue weighted by Gasteiger charge is 2.11. The summed E-state index contributed by atoms with van der Waals surface area (Å²) in [4.78, 5) is 17.6. The average molecular weight is 334 g/mol. The van der Waals surface area contributed by atoms with Crippen LogP contribution in [0.25, 0.3) is 10.9 Å². The van der Waals surface area contributed by atoms with E-state index in [1.54, 1.807) is 0 Å². The molecule has 0 spiro atoms. The van der Waals surface area contributed by atoms with E-state index in [4.69, 9.17) is 0 Å². The van der Waals surface area contributed by atoms with Gasteiger partial charge in [0.25, 0.3) is 0 Å². The van der Waals surface area contributed by atoms with Gasteiger partial charge in [0, 0.05) is 37.1 Å². The molecule has 3 rings (SSSR count). The Labute approximate surface area is 149 Å². The number of hydrogen-bond donors (Lipinski definition) is 1. The zero-order chi connectivity index (χ0) is 17.8. The number of aromatic nitrogens is 1. The molecule has 1 amide bonds. The topological polar surface area (TPSA) is 36.1 Å². The standard InChI is InChI=1S/C22H26N2O/c1-16-11-12-19(17(2)13-16)15-24(3)22(25)10-6-7-18-14-23-21-9-5-4-8-20(18)21/h4-5,8-9,11-14,23H,6-7,10,15H2,1-3H3. The molecule has 1 N–H and O–H groups in total. The van der Waals surface area contributed by atoms with Gasteiger partial charge >= 0.3 is 0 Å². The lowest BCUT2D eigenvalue weighted by Gasteiger charge is -2.19. The summed E-state index contributed by atoms with van der Waals surface area (Å²) in [7, 11) is 1.90. The van der Waals surface area contributed by atoms with Gasteiger partial charge in [0.1, 0.15) is 0 Å².